The molecule has 22 heavy (non-hydrogen) atoms. The van der Waals surface area contributed by atoms with E-state index in [-0.39, 0.29) is 11.7 Å². The minimum Gasteiger partial charge on any atom is -0.479 e. The second kappa shape index (κ2) is 5.92. The molecule has 1 aromatic carbocycles. The number of rotatable bonds is 5. The molecule has 0 aliphatic heterocycles. The fourth-order valence-electron chi connectivity index (χ4n) is 2.25. The molecule has 0 bridgehead atoms. The Labute approximate surface area is 134 Å². The highest BCUT2D eigenvalue weighted by atomic mass is 79.9. The van der Waals surface area contributed by atoms with Crippen molar-refractivity contribution in [2.45, 2.75) is 24.8 Å². The molecule has 1 fully saturated rings. The Bertz CT molecular complexity index is 724. The van der Waals surface area contributed by atoms with E-state index >= 15 is 0 Å². The van der Waals surface area contributed by atoms with E-state index in [1.54, 1.807) is 24.3 Å². The van der Waals surface area contributed by atoms with Crippen molar-refractivity contribution in [1.29, 1.82) is 0 Å². The molecule has 3 rings (SSSR count). The third-order valence-electron chi connectivity index (χ3n) is 3.50. The maximum absolute atomic E-state index is 12.3. The summed E-state index contributed by atoms with van der Waals surface area (Å²) in [6.45, 7) is 0. The molecule has 2 aromatic rings. The van der Waals surface area contributed by atoms with Crippen LogP contribution in [0.2, 0.25) is 0 Å². The topological polar surface area (TPSA) is 92.4 Å². The Morgan fingerprint density at radius 3 is 2.73 bits per heavy atom. The van der Waals surface area contributed by atoms with Gasteiger partial charge in [0.05, 0.1) is 5.69 Å². The van der Waals surface area contributed by atoms with Crippen LogP contribution in [-0.4, -0.2) is 22.0 Å². The number of oxazole rings is 1. The summed E-state index contributed by atoms with van der Waals surface area (Å²) in [5.41, 5.74) is 1.07. The lowest BCUT2D eigenvalue weighted by Crippen LogP contribution is -2.34. The first-order chi connectivity index (χ1) is 10.6. The van der Waals surface area contributed by atoms with Crippen LogP contribution in [0.15, 0.2) is 39.5 Å². The van der Waals surface area contributed by atoms with Gasteiger partial charge in [0.15, 0.2) is 12.4 Å². The van der Waals surface area contributed by atoms with Gasteiger partial charge in [0.25, 0.3) is 5.91 Å². The smallest absolute Gasteiger partial charge is 0.330 e. The third kappa shape index (κ3) is 2.89. The number of benzene rings is 1. The number of nitrogens with one attached hydrogen (secondary N) is 1. The second-order valence-corrected chi connectivity index (χ2v) is 5.96. The summed E-state index contributed by atoms with van der Waals surface area (Å²) >= 11 is 3.30. The van der Waals surface area contributed by atoms with E-state index in [9.17, 15) is 14.7 Å². The number of carbonyl (C=O) groups excluding carboxylic acids is 1. The molecule has 7 heteroatoms. The van der Waals surface area contributed by atoms with Gasteiger partial charge in [0, 0.05) is 10.4 Å². The zero-order chi connectivity index (χ0) is 15.7. The summed E-state index contributed by atoms with van der Waals surface area (Å²) in [7, 11) is 0. The SMILES string of the molecule is O=C(NC(C(=O)O)c1ccccc1Br)c1ocnc1C1CC1. The second-order valence-electron chi connectivity index (χ2n) is 5.11. The van der Waals surface area contributed by atoms with Gasteiger partial charge in [0.1, 0.15) is 0 Å². The van der Waals surface area contributed by atoms with E-state index in [2.05, 4.69) is 26.2 Å². The highest BCUT2D eigenvalue weighted by Gasteiger charge is 2.33. The number of aromatic nitrogens is 1. The van der Waals surface area contributed by atoms with Crippen LogP contribution in [0.5, 0.6) is 0 Å². The number of hydrogen-bond donors (Lipinski definition) is 2. The van der Waals surface area contributed by atoms with Gasteiger partial charge in [-0.3, -0.25) is 4.79 Å². The van der Waals surface area contributed by atoms with E-state index in [0.717, 1.165) is 12.8 Å². The number of halogens is 1. The first kappa shape index (κ1) is 14.8. The van der Waals surface area contributed by atoms with Crippen LogP contribution in [0.3, 0.4) is 0 Å². The van der Waals surface area contributed by atoms with Crippen LogP contribution in [0.1, 0.15) is 46.6 Å². The Kier molecular flexibility index (Phi) is 3.98. The van der Waals surface area contributed by atoms with Crippen molar-refractivity contribution in [3.8, 4) is 0 Å². The fourth-order valence-corrected chi connectivity index (χ4v) is 2.76. The van der Waals surface area contributed by atoms with E-state index in [1.807, 2.05) is 0 Å². The maximum atomic E-state index is 12.3. The molecule has 6 nitrogen and oxygen atoms in total. The van der Waals surface area contributed by atoms with Gasteiger partial charge in [0.2, 0.25) is 5.76 Å². The molecule has 2 N–H and O–H groups in total. The highest BCUT2D eigenvalue weighted by Crippen LogP contribution is 2.40. The molecule has 1 atom stereocenters. The number of carboxylic acid groups (broad SMARTS) is 1. The van der Waals surface area contributed by atoms with Gasteiger partial charge in [-0.05, 0) is 24.5 Å². The maximum Gasteiger partial charge on any atom is 0.330 e. The van der Waals surface area contributed by atoms with Crippen molar-refractivity contribution < 1.29 is 19.1 Å². The van der Waals surface area contributed by atoms with Crippen molar-refractivity contribution in [1.82, 2.24) is 10.3 Å². The van der Waals surface area contributed by atoms with Crippen LogP contribution in [0, 0.1) is 0 Å². The average molecular weight is 365 g/mol. The van der Waals surface area contributed by atoms with Crippen LogP contribution >= 0.6 is 15.9 Å². The summed E-state index contributed by atoms with van der Waals surface area (Å²) in [6, 6.07) is 5.69. The van der Waals surface area contributed by atoms with E-state index < -0.39 is 17.9 Å². The monoisotopic (exact) mass is 364 g/mol. The third-order valence-corrected chi connectivity index (χ3v) is 4.23. The molecule has 1 saturated carbocycles. The summed E-state index contributed by atoms with van der Waals surface area (Å²) in [5, 5.41) is 11.9. The van der Waals surface area contributed by atoms with Gasteiger partial charge in [-0.25, -0.2) is 9.78 Å². The molecule has 0 radical (unpaired) electrons. The van der Waals surface area contributed by atoms with Crippen molar-refractivity contribution in [3.63, 3.8) is 0 Å². The van der Waals surface area contributed by atoms with Gasteiger partial charge in [-0.1, -0.05) is 34.1 Å². The molecule has 1 aliphatic rings. The zero-order valence-electron chi connectivity index (χ0n) is 11.5. The summed E-state index contributed by atoms with van der Waals surface area (Å²) < 4.78 is 5.76. The van der Waals surface area contributed by atoms with E-state index in [1.165, 1.54) is 6.39 Å². The summed E-state index contributed by atoms with van der Waals surface area (Å²) in [6.07, 6.45) is 3.16. The Morgan fingerprint density at radius 1 is 1.36 bits per heavy atom. The molecular formula is C15H13BrN2O4. The lowest BCUT2D eigenvalue weighted by molar-refractivity contribution is -0.139. The van der Waals surface area contributed by atoms with Gasteiger partial charge >= 0.3 is 5.97 Å². The first-order valence-corrected chi connectivity index (χ1v) is 7.58. The minimum absolute atomic E-state index is 0.0980. The van der Waals surface area contributed by atoms with Gasteiger partial charge < -0.3 is 14.8 Å². The molecule has 0 saturated heterocycles. The molecule has 114 valence electrons. The predicted molar refractivity (Wildman–Crippen MR) is 80.5 cm³/mol. The number of carboxylic acids is 1. The van der Waals surface area contributed by atoms with Crippen molar-refractivity contribution in [2.75, 3.05) is 0 Å². The van der Waals surface area contributed by atoms with E-state index in [0.29, 0.717) is 15.7 Å². The number of aliphatic carboxylic acids is 1. The average Bonchev–Trinajstić information content (AvgIpc) is 3.22. The van der Waals surface area contributed by atoms with Crippen LogP contribution in [0.4, 0.5) is 0 Å². The number of amides is 1. The van der Waals surface area contributed by atoms with Crippen LogP contribution in [-0.2, 0) is 4.79 Å². The Morgan fingerprint density at radius 2 is 2.09 bits per heavy atom. The molecule has 0 spiro atoms. The van der Waals surface area contributed by atoms with Gasteiger partial charge in [-0.2, -0.15) is 0 Å². The number of nitrogens with zero attached hydrogens (tertiary/aromatic N) is 1. The zero-order valence-corrected chi connectivity index (χ0v) is 13.0. The fraction of sp³-hybridized carbons (Fsp3) is 0.267. The molecular weight excluding hydrogens is 352 g/mol. The molecule has 1 unspecified atom stereocenters. The van der Waals surface area contributed by atoms with Crippen molar-refractivity contribution in [3.05, 3.63) is 52.1 Å². The summed E-state index contributed by atoms with van der Waals surface area (Å²) in [4.78, 5) is 27.9. The predicted octanol–water partition coefficient (Wildman–Crippen LogP) is 2.87. The Hall–Kier alpha value is -2.15. The van der Waals surface area contributed by atoms with Gasteiger partial charge in [-0.15, -0.1) is 0 Å². The van der Waals surface area contributed by atoms with Crippen molar-refractivity contribution >= 4 is 27.8 Å². The first-order valence-electron chi connectivity index (χ1n) is 6.79. The summed E-state index contributed by atoms with van der Waals surface area (Å²) in [5.74, 6) is -1.37. The molecule has 1 aromatic heterocycles. The highest BCUT2D eigenvalue weighted by molar-refractivity contribution is 9.10. The van der Waals surface area contributed by atoms with Crippen LogP contribution < -0.4 is 5.32 Å². The lowest BCUT2D eigenvalue weighted by atomic mass is 10.1. The van der Waals surface area contributed by atoms with E-state index in [4.69, 9.17) is 4.42 Å². The number of carbonyl (C=O) groups is 2. The number of hydrogen-bond acceptors (Lipinski definition) is 4. The lowest BCUT2D eigenvalue weighted by Gasteiger charge is -2.15. The largest absolute Gasteiger partial charge is 0.479 e. The standard InChI is InChI=1S/C15H13BrN2O4/c16-10-4-2-1-3-9(10)12(15(20)21)18-14(19)13-11(8-5-6-8)17-7-22-13/h1-4,7-8,12H,5-6H2,(H,18,19)(H,20,21). The normalized spacial score (nSPS) is 15.3. The molecule has 1 aliphatic carbocycles. The van der Waals surface area contributed by atoms with Crippen molar-refractivity contribution in [2.24, 2.45) is 0 Å². The quantitative estimate of drug-likeness (QED) is 0.850. The minimum atomic E-state index is -1.17. The Balaban J connectivity index is 1.85. The molecule has 1 amide bonds. The van der Waals surface area contributed by atoms with Crippen LogP contribution in [0.25, 0.3) is 0 Å². The molecule has 1 heterocycles.